The molecule has 0 aliphatic rings. The van der Waals surface area contributed by atoms with Crippen molar-refractivity contribution in [3.8, 4) is 0 Å². The number of para-hydroxylation sites is 1. The predicted octanol–water partition coefficient (Wildman–Crippen LogP) is 2.57. The molecule has 1 aromatic rings. The number of carbonyl (C=O) groups excluding carboxylic acids is 1. The maximum Gasteiger partial charge on any atom is 0.337 e. The van der Waals surface area contributed by atoms with Crippen LogP contribution in [0.5, 0.6) is 0 Å². The van der Waals surface area contributed by atoms with E-state index in [1.165, 1.54) is 6.07 Å². The van der Waals surface area contributed by atoms with Gasteiger partial charge in [-0.05, 0) is 24.0 Å². The summed E-state index contributed by atoms with van der Waals surface area (Å²) >= 11 is 0. The summed E-state index contributed by atoms with van der Waals surface area (Å²) in [6.45, 7) is 5.14. The number of carboxylic acid groups (broad SMARTS) is 1. The van der Waals surface area contributed by atoms with Crippen LogP contribution in [-0.4, -0.2) is 37.4 Å². The number of ether oxygens (including phenoxy) is 1. The Balaban J connectivity index is 2.57. The Hall–Kier alpha value is -2.08. The Morgan fingerprint density at radius 3 is 2.57 bits per heavy atom. The lowest BCUT2D eigenvalue weighted by Gasteiger charge is -2.24. The Morgan fingerprint density at radius 2 is 1.95 bits per heavy atom. The van der Waals surface area contributed by atoms with Crippen molar-refractivity contribution in [1.29, 1.82) is 0 Å². The number of hydrogen-bond donors (Lipinski definition) is 3. The van der Waals surface area contributed by atoms with Gasteiger partial charge >= 0.3 is 12.0 Å². The third kappa shape index (κ3) is 5.83. The lowest BCUT2D eigenvalue weighted by Crippen LogP contribution is -2.37. The van der Waals surface area contributed by atoms with E-state index in [4.69, 9.17) is 9.84 Å². The quantitative estimate of drug-likeness (QED) is 0.721. The van der Waals surface area contributed by atoms with Gasteiger partial charge in [0.25, 0.3) is 0 Å². The molecule has 1 aromatic carbocycles. The van der Waals surface area contributed by atoms with Gasteiger partial charge in [-0.15, -0.1) is 0 Å². The Kier molecular flexibility index (Phi) is 6.17. The van der Waals surface area contributed by atoms with Gasteiger partial charge in [-0.2, -0.15) is 0 Å². The summed E-state index contributed by atoms with van der Waals surface area (Å²) in [5, 5.41) is 14.4. The second-order valence-corrected chi connectivity index (χ2v) is 5.57. The van der Waals surface area contributed by atoms with Gasteiger partial charge in [0.1, 0.15) is 0 Å². The second-order valence-electron chi connectivity index (χ2n) is 5.57. The third-order valence-corrected chi connectivity index (χ3v) is 3.12. The van der Waals surface area contributed by atoms with Crippen molar-refractivity contribution in [2.45, 2.75) is 20.3 Å². The fourth-order valence-electron chi connectivity index (χ4n) is 1.73. The van der Waals surface area contributed by atoms with Crippen LogP contribution in [0.3, 0.4) is 0 Å². The monoisotopic (exact) mass is 294 g/mol. The molecule has 0 aliphatic carbocycles. The van der Waals surface area contributed by atoms with Gasteiger partial charge in [-0.1, -0.05) is 26.0 Å². The van der Waals surface area contributed by atoms with Crippen LogP contribution in [0.25, 0.3) is 0 Å². The van der Waals surface area contributed by atoms with Gasteiger partial charge in [0.2, 0.25) is 0 Å². The van der Waals surface area contributed by atoms with Crippen molar-refractivity contribution in [3.63, 3.8) is 0 Å². The third-order valence-electron chi connectivity index (χ3n) is 3.12. The van der Waals surface area contributed by atoms with Crippen molar-refractivity contribution in [1.82, 2.24) is 5.32 Å². The molecule has 1 rings (SSSR count). The molecule has 6 heteroatoms. The van der Waals surface area contributed by atoms with Crippen molar-refractivity contribution in [3.05, 3.63) is 29.8 Å². The number of amides is 2. The second kappa shape index (κ2) is 7.64. The summed E-state index contributed by atoms with van der Waals surface area (Å²) in [5.41, 5.74) is 0.239. The molecule has 6 nitrogen and oxygen atoms in total. The van der Waals surface area contributed by atoms with Gasteiger partial charge in [0.15, 0.2) is 0 Å². The van der Waals surface area contributed by atoms with Crippen LogP contribution in [0.4, 0.5) is 10.5 Å². The standard InChI is InChI=1S/C15H22N2O4/c1-15(2,8-9-21-3)10-16-14(20)17-12-7-5-4-6-11(12)13(18)19/h4-7H,8-10H2,1-3H3,(H,18,19)(H2,16,17,20). The topological polar surface area (TPSA) is 87.7 Å². The minimum absolute atomic E-state index is 0.0614. The highest BCUT2D eigenvalue weighted by Gasteiger charge is 2.19. The largest absolute Gasteiger partial charge is 0.478 e. The first-order chi connectivity index (χ1) is 9.85. The molecule has 0 spiro atoms. The van der Waals surface area contributed by atoms with Crippen LogP contribution in [0.15, 0.2) is 24.3 Å². The lowest BCUT2D eigenvalue weighted by atomic mass is 9.90. The molecule has 0 bridgehead atoms. The highest BCUT2D eigenvalue weighted by atomic mass is 16.5. The zero-order valence-electron chi connectivity index (χ0n) is 12.6. The SMILES string of the molecule is COCCC(C)(C)CNC(=O)Nc1ccccc1C(=O)O. The average molecular weight is 294 g/mol. The summed E-state index contributed by atoms with van der Waals surface area (Å²) in [4.78, 5) is 22.9. The first-order valence-electron chi connectivity index (χ1n) is 6.72. The molecule has 0 aromatic heterocycles. The highest BCUT2D eigenvalue weighted by Crippen LogP contribution is 2.19. The normalized spacial score (nSPS) is 11.0. The molecule has 0 saturated heterocycles. The molecule has 0 heterocycles. The van der Waals surface area contributed by atoms with Gasteiger partial charge in [-0.25, -0.2) is 9.59 Å². The Morgan fingerprint density at radius 1 is 1.29 bits per heavy atom. The van der Waals surface area contributed by atoms with E-state index in [1.807, 2.05) is 13.8 Å². The summed E-state index contributed by atoms with van der Waals surface area (Å²) in [6.07, 6.45) is 0.815. The molecule has 0 aliphatic heterocycles. The van der Waals surface area contributed by atoms with Gasteiger partial charge in [0, 0.05) is 20.3 Å². The Labute approximate surface area is 124 Å². The number of hydrogen-bond acceptors (Lipinski definition) is 3. The van der Waals surface area contributed by atoms with Crippen molar-refractivity contribution in [2.75, 3.05) is 25.6 Å². The van der Waals surface area contributed by atoms with E-state index in [0.717, 1.165) is 6.42 Å². The summed E-state index contributed by atoms with van der Waals surface area (Å²) < 4.78 is 5.03. The number of anilines is 1. The van der Waals surface area contributed by atoms with Crippen LogP contribution < -0.4 is 10.6 Å². The van der Waals surface area contributed by atoms with E-state index in [0.29, 0.717) is 13.2 Å². The summed E-state index contributed by atoms with van der Waals surface area (Å²) in [6, 6.07) is 5.86. The number of carbonyl (C=O) groups is 2. The molecule has 0 radical (unpaired) electrons. The van der Waals surface area contributed by atoms with Crippen LogP contribution in [0, 0.1) is 5.41 Å². The van der Waals surface area contributed by atoms with Crippen LogP contribution in [0.1, 0.15) is 30.6 Å². The minimum Gasteiger partial charge on any atom is -0.478 e. The van der Waals surface area contributed by atoms with E-state index in [1.54, 1.807) is 25.3 Å². The van der Waals surface area contributed by atoms with Crippen LogP contribution in [0.2, 0.25) is 0 Å². The number of methoxy groups -OCH3 is 1. The molecule has 116 valence electrons. The maximum atomic E-state index is 11.9. The number of nitrogens with one attached hydrogen (secondary N) is 2. The fourth-order valence-corrected chi connectivity index (χ4v) is 1.73. The summed E-state index contributed by atoms with van der Waals surface area (Å²) in [7, 11) is 1.64. The Bertz CT molecular complexity index is 500. The number of benzene rings is 1. The lowest BCUT2D eigenvalue weighted by molar-refractivity contribution is 0.0698. The van der Waals surface area contributed by atoms with Crippen molar-refractivity contribution >= 4 is 17.7 Å². The van der Waals surface area contributed by atoms with E-state index in [2.05, 4.69) is 10.6 Å². The zero-order valence-corrected chi connectivity index (χ0v) is 12.6. The van der Waals surface area contributed by atoms with Crippen LogP contribution in [-0.2, 0) is 4.74 Å². The molecule has 0 unspecified atom stereocenters. The average Bonchev–Trinajstić information content (AvgIpc) is 2.43. The van der Waals surface area contributed by atoms with E-state index < -0.39 is 12.0 Å². The molecule has 0 saturated carbocycles. The minimum atomic E-state index is -1.08. The molecule has 21 heavy (non-hydrogen) atoms. The van der Waals surface area contributed by atoms with Gasteiger partial charge in [0.05, 0.1) is 11.3 Å². The number of aromatic carboxylic acids is 1. The number of carboxylic acids is 1. The van der Waals surface area contributed by atoms with Gasteiger partial charge < -0.3 is 20.5 Å². The molecule has 3 N–H and O–H groups in total. The van der Waals surface area contributed by atoms with E-state index in [-0.39, 0.29) is 16.7 Å². The van der Waals surface area contributed by atoms with E-state index in [9.17, 15) is 9.59 Å². The highest BCUT2D eigenvalue weighted by molar-refractivity contribution is 5.99. The van der Waals surface area contributed by atoms with Crippen molar-refractivity contribution in [2.24, 2.45) is 5.41 Å². The smallest absolute Gasteiger partial charge is 0.337 e. The molecule has 0 fully saturated rings. The molecular formula is C15H22N2O4. The molecular weight excluding hydrogens is 272 g/mol. The van der Waals surface area contributed by atoms with Gasteiger partial charge in [-0.3, -0.25) is 0 Å². The summed E-state index contributed by atoms with van der Waals surface area (Å²) in [5.74, 6) is -1.08. The molecule has 2 amide bonds. The van der Waals surface area contributed by atoms with Crippen molar-refractivity contribution < 1.29 is 19.4 Å². The molecule has 0 atom stereocenters. The predicted molar refractivity (Wildman–Crippen MR) is 80.7 cm³/mol. The fraction of sp³-hybridized carbons (Fsp3) is 0.467. The number of urea groups is 1. The first-order valence-corrected chi connectivity index (χ1v) is 6.72. The maximum absolute atomic E-state index is 11.9. The van der Waals surface area contributed by atoms with Crippen LogP contribution >= 0.6 is 0 Å². The number of rotatable bonds is 7. The van der Waals surface area contributed by atoms with E-state index >= 15 is 0 Å². The zero-order chi connectivity index (χ0) is 15.9. The first kappa shape index (κ1) is 17.0.